The van der Waals surface area contributed by atoms with Crippen molar-refractivity contribution >= 4 is 11.6 Å². The number of pyridine rings is 1. The Kier molecular flexibility index (Phi) is 3.74. The molecule has 2 rings (SSSR count). The summed E-state index contributed by atoms with van der Waals surface area (Å²) in [5, 5.41) is 0.645. The zero-order valence-electron chi connectivity index (χ0n) is 10.9. The molecule has 0 spiro atoms. The second-order valence-corrected chi connectivity index (χ2v) is 6.40. The Hall–Kier alpha value is -0.600. The van der Waals surface area contributed by atoms with E-state index in [0.717, 1.165) is 18.0 Å². The third kappa shape index (κ3) is 3.20. The molecule has 1 saturated heterocycles. The van der Waals surface area contributed by atoms with E-state index in [4.69, 9.17) is 11.6 Å². The van der Waals surface area contributed by atoms with E-state index < -0.39 is 0 Å². The second kappa shape index (κ2) is 4.95. The average Bonchev–Trinajstić information content (AvgIpc) is 2.69. The van der Waals surface area contributed by atoms with Gasteiger partial charge in [-0.25, -0.2) is 4.98 Å². The van der Waals surface area contributed by atoms with Gasteiger partial charge in [-0.3, -0.25) is 4.90 Å². The van der Waals surface area contributed by atoms with E-state index >= 15 is 0 Å². The lowest BCUT2D eigenvalue weighted by Gasteiger charge is -2.27. The number of rotatable bonds is 2. The summed E-state index contributed by atoms with van der Waals surface area (Å²) in [4.78, 5) is 6.61. The zero-order chi connectivity index (χ0) is 12.5. The molecule has 1 aromatic rings. The highest BCUT2D eigenvalue weighted by Crippen LogP contribution is 2.34. The molecule has 0 aromatic carbocycles. The normalized spacial score (nSPS) is 22.0. The molecule has 1 atom stereocenters. The summed E-state index contributed by atoms with van der Waals surface area (Å²) in [5.74, 6) is 0.790. The zero-order valence-corrected chi connectivity index (χ0v) is 11.7. The SMILES string of the molecule is CC(C)(C)C1CCN(Cc2cccnc2Cl)C1. The smallest absolute Gasteiger partial charge is 0.133 e. The van der Waals surface area contributed by atoms with Gasteiger partial charge in [-0.15, -0.1) is 0 Å². The lowest BCUT2D eigenvalue weighted by molar-refractivity contribution is 0.226. The van der Waals surface area contributed by atoms with Gasteiger partial charge in [0.15, 0.2) is 0 Å². The van der Waals surface area contributed by atoms with Gasteiger partial charge in [-0.05, 0) is 30.4 Å². The Balaban J connectivity index is 1.97. The Bertz CT molecular complexity index is 384. The lowest BCUT2D eigenvalue weighted by Crippen LogP contribution is -2.25. The molecule has 0 N–H and O–H groups in total. The minimum atomic E-state index is 0.410. The van der Waals surface area contributed by atoms with Crippen LogP contribution >= 0.6 is 11.6 Å². The highest BCUT2D eigenvalue weighted by atomic mass is 35.5. The van der Waals surface area contributed by atoms with Gasteiger partial charge >= 0.3 is 0 Å². The molecule has 1 aliphatic heterocycles. The quantitative estimate of drug-likeness (QED) is 0.748. The molecule has 0 amide bonds. The lowest BCUT2D eigenvalue weighted by atomic mass is 9.80. The van der Waals surface area contributed by atoms with Gasteiger partial charge < -0.3 is 0 Å². The van der Waals surface area contributed by atoms with E-state index in [0.29, 0.717) is 10.6 Å². The van der Waals surface area contributed by atoms with Crippen LogP contribution in [-0.4, -0.2) is 23.0 Å². The monoisotopic (exact) mass is 252 g/mol. The van der Waals surface area contributed by atoms with Crippen LogP contribution in [0.15, 0.2) is 18.3 Å². The van der Waals surface area contributed by atoms with E-state index in [-0.39, 0.29) is 0 Å². The van der Waals surface area contributed by atoms with E-state index in [1.54, 1.807) is 6.20 Å². The summed E-state index contributed by atoms with van der Waals surface area (Å²) in [5.41, 5.74) is 1.55. The molecule has 3 heteroatoms. The van der Waals surface area contributed by atoms with Crippen LogP contribution in [-0.2, 0) is 6.54 Å². The largest absolute Gasteiger partial charge is 0.299 e. The predicted molar refractivity (Wildman–Crippen MR) is 72.1 cm³/mol. The van der Waals surface area contributed by atoms with Crippen LogP contribution in [0.5, 0.6) is 0 Å². The summed E-state index contributed by atoms with van der Waals surface area (Å²) < 4.78 is 0. The van der Waals surface area contributed by atoms with Crippen LogP contribution in [0.25, 0.3) is 0 Å². The summed E-state index contributed by atoms with van der Waals surface area (Å²) in [7, 11) is 0. The van der Waals surface area contributed by atoms with Crippen molar-refractivity contribution in [2.24, 2.45) is 11.3 Å². The first-order chi connectivity index (χ1) is 7.97. The molecule has 1 aromatic heterocycles. The summed E-state index contributed by atoms with van der Waals surface area (Å²) in [6.45, 7) is 10.3. The number of hydrogen-bond acceptors (Lipinski definition) is 2. The van der Waals surface area contributed by atoms with Crippen LogP contribution in [0, 0.1) is 11.3 Å². The first-order valence-electron chi connectivity index (χ1n) is 6.28. The molecule has 1 aliphatic rings. The number of hydrogen-bond donors (Lipinski definition) is 0. The van der Waals surface area contributed by atoms with Gasteiger partial charge in [-0.1, -0.05) is 38.4 Å². The summed E-state index contributed by atoms with van der Waals surface area (Å²) >= 11 is 6.09. The summed E-state index contributed by atoms with van der Waals surface area (Å²) in [6.07, 6.45) is 3.04. The molecule has 0 radical (unpaired) electrons. The van der Waals surface area contributed by atoms with Gasteiger partial charge in [0.2, 0.25) is 0 Å². The molecule has 0 aliphatic carbocycles. The minimum Gasteiger partial charge on any atom is -0.299 e. The highest BCUT2D eigenvalue weighted by Gasteiger charge is 2.31. The molecule has 17 heavy (non-hydrogen) atoms. The van der Waals surface area contributed by atoms with Gasteiger partial charge in [-0.2, -0.15) is 0 Å². The Morgan fingerprint density at radius 3 is 2.82 bits per heavy atom. The van der Waals surface area contributed by atoms with E-state index in [9.17, 15) is 0 Å². The Morgan fingerprint density at radius 1 is 1.47 bits per heavy atom. The molecule has 1 fully saturated rings. The van der Waals surface area contributed by atoms with Crippen molar-refractivity contribution in [1.29, 1.82) is 0 Å². The first kappa shape index (κ1) is 12.8. The van der Waals surface area contributed by atoms with E-state index in [1.165, 1.54) is 19.5 Å². The number of likely N-dealkylation sites (tertiary alicyclic amines) is 1. The predicted octanol–water partition coefficient (Wildman–Crippen LogP) is 3.60. The maximum atomic E-state index is 6.09. The Morgan fingerprint density at radius 2 is 2.24 bits per heavy atom. The van der Waals surface area contributed by atoms with Crippen LogP contribution < -0.4 is 0 Å². The van der Waals surface area contributed by atoms with Crippen molar-refractivity contribution in [3.05, 3.63) is 29.0 Å². The van der Waals surface area contributed by atoms with Crippen molar-refractivity contribution in [2.75, 3.05) is 13.1 Å². The molecular weight excluding hydrogens is 232 g/mol. The molecule has 0 bridgehead atoms. The number of halogens is 1. The third-order valence-corrected chi connectivity index (χ3v) is 4.07. The standard InChI is InChI=1S/C14H21ClN2/c1-14(2,3)12-6-8-17(10-12)9-11-5-4-7-16-13(11)15/h4-5,7,12H,6,8-10H2,1-3H3. The molecule has 1 unspecified atom stereocenters. The maximum absolute atomic E-state index is 6.09. The van der Waals surface area contributed by atoms with Crippen LogP contribution in [0.3, 0.4) is 0 Å². The molecule has 2 heterocycles. The van der Waals surface area contributed by atoms with Crippen molar-refractivity contribution in [2.45, 2.75) is 33.7 Å². The minimum absolute atomic E-state index is 0.410. The fourth-order valence-corrected chi connectivity index (χ4v) is 2.64. The van der Waals surface area contributed by atoms with Crippen molar-refractivity contribution in [1.82, 2.24) is 9.88 Å². The highest BCUT2D eigenvalue weighted by molar-refractivity contribution is 6.30. The molecule has 0 saturated carbocycles. The van der Waals surface area contributed by atoms with Gasteiger partial charge in [0.1, 0.15) is 5.15 Å². The molecular formula is C14H21ClN2. The number of nitrogens with zero attached hydrogens (tertiary/aromatic N) is 2. The first-order valence-corrected chi connectivity index (χ1v) is 6.66. The molecule has 2 nitrogen and oxygen atoms in total. The molecule has 94 valence electrons. The van der Waals surface area contributed by atoms with Crippen LogP contribution in [0.2, 0.25) is 5.15 Å². The van der Waals surface area contributed by atoms with Crippen molar-refractivity contribution in [3.8, 4) is 0 Å². The number of aromatic nitrogens is 1. The maximum Gasteiger partial charge on any atom is 0.133 e. The van der Waals surface area contributed by atoms with E-state index in [2.05, 4.69) is 36.7 Å². The topological polar surface area (TPSA) is 16.1 Å². The van der Waals surface area contributed by atoms with Gasteiger partial charge in [0.25, 0.3) is 0 Å². The average molecular weight is 253 g/mol. The van der Waals surface area contributed by atoms with Gasteiger partial charge in [0.05, 0.1) is 0 Å². The van der Waals surface area contributed by atoms with Crippen molar-refractivity contribution in [3.63, 3.8) is 0 Å². The van der Waals surface area contributed by atoms with Gasteiger partial charge in [0, 0.05) is 24.8 Å². The van der Waals surface area contributed by atoms with Crippen molar-refractivity contribution < 1.29 is 0 Å². The third-order valence-electron chi connectivity index (χ3n) is 3.73. The second-order valence-electron chi connectivity index (χ2n) is 6.04. The fraction of sp³-hybridized carbons (Fsp3) is 0.643. The van der Waals surface area contributed by atoms with Crippen LogP contribution in [0.1, 0.15) is 32.8 Å². The Labute approximate surface area is 109 Å². The summed E-state index contributed by atoms with van der Waals surface area (Å²) in [6, 6.07) is 4.03. The van der Waals surface area contributed by atoms with Crippen LogP contribution in [0.4, 0.5) is 0 Å². The fourth-order valence-electron chi connectivity index (χ4n) is 2.46. The van der Waals surface area contributed by atoms with E-state index in [1.807, 2.05) is 6.07 Å².